The number of carbonyl (C=O) groups is 2. The molecule has 0 fully saturated rings. The number of hydrogen-bond acceptors (Lipinski definition) is 6. The average Bonchev–Trinajstić information content (AvgIpc) is 3.04. The highest BCUT2D eigenvalue weighted by Gasteiger charge is 2.37. The van der Waals surface area contributed by atoms with Crippen molar-refractivity contribution in [1.29, 1.82) is 0 Å². The van der Waals surface area contributed by atoms with E-state index < -0.39 is 17.9 Å². The van der Waals surface area contributed by atoms with Gasteiger partial charge in [0, 0.05) is 11.8 Å². The molecule has 0 bridgehead atoms. The molecule has 8 nitrogen and oxygen atoms in total. The monoisotopic (exact) mass is 293 g/mol. The Morgan fingerprint density at radius 2 is 2.35 bits per heavy atom. The van der Waals surface area contributed by atoms with Crippen LogP contribution in [0.3, 0.4) is 0 Å². The van der Waals surface area contributed by atoms with Gasteiger partial charge < -0.3 is 20.7 Å². The number of hydrogen-bond donors (Lipinski definition) is 3. The summed E-state index contributed by atoms with van der Waals surface area (Å²) in [7, 11) is 0. The number of carbonyl (C=O) groups excluding carboxylic acids is 1. The molecule has 3 heterocycles. The molecule has 0 saturated carbocycles. The first kappa shape index (κ1) is 12.6. The Labute approximate surface area is 117 Å². The molecule has 1 aliphatic heterocycles. The van der Waals surface area contributed by atoms with Gasteiger partial charge in [0.05, 0.1) is 24.3 Å². The molecule has 9 heteroatoms. The Morgan fingerprint density at radius 3 is 3.00 bits per heavy atom. The van der Waals surface area contributed by atoms with E-state index in [9.17, 15) is 14.7 Å². The molecule has 2 aromatic rings. The van der Waals surface area contributed by atoms with Gasteiger partial charge in [-0.15, -0.1) is 11.3 Å². The fourth-order valence-corrected chi connectivity index (χ4v) is 2.74. The van der Waals surface area contributed by atoms with Gasteiger partial charge in [0.25, 0.3) is 5.91 Å². The topological polar surface area (TPSA) is 125 Å². The zero-order valence-corrected chi connectivity index (χ0v) is 11.1. The lowest BCUT2D eigenvalue weighted by Gasteiger charge is -2.31. The van der Waals surface area contributed by atoms with Crippen LogP contribution in [0, 0.1) is 0 Å². The molecular formula is C11H11N5O3S. The number of fused-ring (bicyclic) bond motifs is 1. The normalized spacial score (nSPS) is 17.8. The number of nitrogens with zero attached hydrogens (tertiary/aromatic N) is 3. The number of imidazole rings is 1. The van der Waals surface area contributed by atoms with E-state index in [1.54, 1.807) is 0 Å². The van der Waals surface area contributed by atoms with Crippen LogP contribution in [0.5, 0.6) is 0 Å². The van der Waals surface area contributed by atoms with E-state index >= 15 is 0 Å². The summed E-state index contributed by atoms with van der Waals surface area (Å²) < 4.78 is 0. The van der Waals surface area contributed by atoms with Crippen molar-refractivity contribution in [3.63, 3.8) is 0 Å². The number of nitrogen functional groups attached to an aromatic ring is 1. The predicted molar refractivity (Wildman–Crippen MR) is 70.1 cm³/mol. The van der Waals surface area contributed by atoms with Gasteiger partial charge in [0.2, 0.25) is 0 Å². The number of rotatable bonds is 2. The molecule has 1 aliphatic rings. The fraction of sp³-hybridized carbons (Fsp3) is 0.273. The van der Waals surface area contributed by atoms with E-state index in [2.05, 4.69) is 15.0 Å². The minimum Gasteiger partial charge on any atom is -0.480 e. The Kier molecular flexibility index (Phi) is 2.90. The van der Waals surface area contributed by atoms with Crippen molar-refractivity contribution >= 4 is 28.3 Å². The number of aromatic amines is 1. The maximum absolute atomic E-state index is 12.4. The number of aliphatic carboxylic acids is 1. The first-order chi connectivity index (χ1) is 9.56. The molecule has 0 aromatic carbocycles. The van der Waals surface area contributed by atoms with Gasteiger partial charge in [0.1, 0.15) is 11.7 Å². The van der Waals surface area contributed by atoms with Crippen molar-refractivity contribution in [2.45, 2.75) is 19.0 Å². The van der Waals surface area contributed by atoms with Gasteiger partial charge in [-0.3, -0.25) is 4.79 Å². The molecule has 1 unspecified atom stereocenters. The summed E-state index contributed by atoms with van der Waals surface area (Å²) in [5, 5.41) is 11.1. The first-order valence-corrected chi connectivity index (χ1v) is 6.70. The summed E-state index contributed by atoms with van der Waals surface area (Å²) in [6.45, 7) is 0.169. The number of nitrogens with two attached hydrogens (primary N) is 1. The average molecular weight is 293 g/mol. The largest absolute Gasteiger partial charge is 0.480 e. The lowest BCUT2D eigenvalue weighted by molar-refractivity contribution is -0.142. The van der Waals surface area contributed by atoms with Gasteiger partial charge in [-0.25, -0.2) is 14.8 Å². The second-order valence-electron chi connectivity index (χ2n) is 4.39. The van der Waals surface area contributed by atoms with Crippen molar-refractivity contribution < 1.29 is 14.7 Å². The van der Waals surface area contributed by atoms with E-state index in [1.807, 2.05) is 0 Å². The number of carboxylic acids is 1. The van der Waals surface area contributed by atoms with Crippen LogP contribution in [0.25, 0.3) is 0 Å². The predicted octanol–water partition coefficient (Wildman–Crippen LogP) is 0.100. The van der Waals surface area contributed by atoms with Crippen molar-refractivity contribution in [3.8, 4) is 0 Å². The van der Waals surface area contributed by atoms with Crippen molar-refractivity contribution in [2.24, 2.45) is 0 Å². The highest BCUT2D eigenvalue weighted by molar-refractivity contribution is 7.13. The molecule has 0 saturated heterocycles. The molecule has 1 amide bonds. The number of amides is 1. The third-order valence-corrected chi connectivity index (χ3v) is 3.86. The summed E-state index contributed by atoms with van der Waals surface area (Å²) in [4.78, 5) is 35.9. The van der Waals surface area contributed by atoms with Crippen LogP contribution in [-0.2, 0) is 17.8 Å². The van der Waals surface area contributed by atoms with Crippen molar-refractivity contribution in [3.05, 3.63) is 28.8 Å². The minimum absolute atomic E-state index is 0.168. The van der Waals surface area contributed by atoms with Gasteiger partial charge in [0.15, 0.2) is 5.13 Å². The Balaban J connectivity index is 1.94. The minimum atomic E-state index is -1.06. The molecule has 0 spiro atoms. The Hall–Kier alpha value is -2.42. The quantitative estimate of drug-likeness (QED) is 0.721. The second-order valence-corrected chi connectivity index (χ2v) is 5.28. The van der Waals surface area contributed by atoms with E-state index in [1.165, 1.54) is 16.6 Å². The molecule has 20 heavy (non-hydrogen) atoms. The van der Waals surface area contributed by atoms with Crippen LogP contribution >= 0.6 is 11.3 Å². The van der Waals surface area contributed by atoms with Crippen LogP contribution < -0.4 is 5.73 Å². The van der Waals surface area contributed by atoms with E-state index in [4.69, 9.17) is 5.73 Å². The fourth-order valence-electron chi connectivity index (χ4n) is 2.20. The van der Waals surface area contributed by atoms with E-state index in [0.717, 1.165) is 17.0 Å². The molecular weight excluding hydrogens is 282 g/mol. The van der Waals surface area contributed by atoms with Crippen LogP contribution in [0.15, 0.2) is 11.7 Å². The van der Waals surface area contributed by atoms with Crippen molar-refractivity contribution in [2.75, 3.05) is 5.73 Å². The molecule has 104 valence electrons. The maximum atomic E-state index is 12.4. The SMILES string of the molecule is Nc1nc(C(=O)N2Cc3[nH]cnc3CC2C(=O)O)cs1. The zero-order valence-electron chi connectivity index (χ0n) is 10.2. The van der Waals surface area contributed by atoms with Crippen LogP contribution in [-0.4, -0.2) is 42.9 Å². The standard InChI is InChI=1S/C11H11N5O3S/c12-11-15-7(3-20-11)9(17)16-2-6-5(13-4-14-6)1-8(16)10(18)19/h3-4,8H,1-2H2,(H2,12,15)(H,13,14)(H,18,19). The maximum Gasteiger partial charge on any atom is 0.326 e. The lowest BCUT2D eigenvalue weighted by atomic mass is 10.0. The number of nitrogens with one attached hydrogen (secondary N) is 1. The van der Waals surface area contributed by atoms with Crippen LogP contribution in [0.2, 0.25) is 0 Å². The summed E-state index contributed by atoms with van der Waals surface area (Å²) in [5.74, 6) is -1.50. The summed E-state index contributed by atoms with van der Waals surface area (Å²) >= 11 is 1.15. The third kappa shape index (κ3) is 2.01. The van der Waals surface area contributed by atoms with E-state index in [0.29, 0.717) is 5.69 Å². The molecule has 1 atom stereocenters. The number of aromatic nitrogens is 3. The number of thiazole rings is 1. The number of H-pyrrole nitrogens is 1. The zero-order chi connectivity index (χ0) is 14.3. The van der Waals surface area contributed by atoms with E-state index in [-0.39, 0.29) is 23.8 Å². The molecule has 2 aromatic heterocycles. The van der Waals surface area contributed by atoms with Gasteiger partial charge in [-0.05, 0) is 0 Å². The first-order valence-electron chi connectivity index (χ1n) is 5.82. The van der Waals surface area contributed by atoms with Crippen molar-refractivity contribution in [1.82, 2.24) is 19.9 Å². The second kappa shape index (κ2) is 4.60. The third-order valence-electron chi connectivity index (χ3n) is 3.19. The van der Waals surface area contributed by atoms with Crippen LogP contribution in [0.4, 0.5) is 5.13 Å². The smallest absolute Gasteiger partial charge is 0.326 e. The Morgan fingerprint density at radius 1 is 1.55 bits per heavy atom. The lowest BCUT2D eigenvalue weighted by Crippen LogP contribution is -2.48. The highest BCUT2D eigenvalue weighted by Crippen LogP contribution is 2.23. The summed E-state index contributed by atoms with van der Waals surface area (Å²) in [5.41, 5.74) is 7.10. The molecule has 0 aliphatic carbocycles. The molecule has 4 N–H and O–H groups in total. The number of anilines is 1. The summed E-state index contributed by atoms with van der Waals surface area (Å²) in [6, 6.07) is -0.943. The summed E-state index contributed by atoms with van der Waals surface area (Å²) in [6.07, 6.45) is 1.68. The number of carboxylic acid groups (broad SMARTS) is 1. The van der Waals surface area contributed by atoms with Gasteiger partial charge >= 0.3 is 5.97 Å². The van der Waals surface area contributed by atoms with Crippen LogP contribution in [0.1, 0.15) is 21.9 Å². The highest BCUT2D eigenvalue weighted by atomic mass is 32.1. The Bertz CT molecular complexity index is 679. The van der Waals surface area contributed by atoms with Gasteiger partial charge in [-0.2, -0.15) is 0 Å². The van der Waals surface area contributed by atoms with Gasteiger partial charge in [-0.1, -0.05) is 0 Å². The molecule has 3 rings (SSSR count). The molecule has 0 radical (unpaired) electrons.